The summed E-state index contributed by atoms with van der Waals surface area (Å²) < 4.78 is 7.25. The number of thiazole rings is 1. The third-order valence-corrected chi connectivity index (χ3v) is 5.38. The average Bonchev–Trinajstić information content (AvgIpc) is 3.35. The van der Waals surface area contributed by atoms with Crippen LogP contribution in [0.5, 0.6) is 0 Å². The zero-order valence-corrected chi connectivity index (χ0v) is 14.7. The van der Waals surface area contributed by atoms with E-state index < -0.39 is 5.97 Å². The molecule has 1 aliphatic heterocycles. The number of hydrogen-bond acceptors (Lipinski definition) is 5. The summed E-state index contributed by atoms with van der Waals surface area (Å²) in [7, 11) is 0. The molecule has 0 spiro atoms. The number of carbonyl (C=O) groups is 2. The maximum Gasteiger partial charge on any atom is 0.323 e. The number of amides is 1. The SMILES string of the molecule is O=C(O)Cn1ccc2cc(NC(=O)c3cnc(C4CCCO4)s3)ccc21. The lowest BCUT2D eigenvalue weighted by Crippen LogP contribution is -2.10. The average molecular weight is 371 g/mol. The number of benzene rings is 1. The summed E-state index contributed by atoms with van der Waals surface area (Å²) >= 11 is 1.35. The Morgan fingerprint density at radius 1 is 1.38 bits per heavy atom. The summed E-state index contributed by atoms with van der Waals surface area (Å²) in [6, 6.07) is 7.22. The van der Waals surface area contributed by atoms with Crippen molar-refractivity contribution >= 4 is 39.8 Å². The summed E-state index contributed by atoms with van der Waals surface area (Å²) in [6.07, 6.45) is 5.28. The Bertz CT molecular complexity index is 972. The van der Waals surface area contributed by atoms with E-state index in [4.69, 9.17) is 9.84 Å². The Balaban J connectivity index is 1.49. The fourth-order valence-electron chi connectivity index (χ4n) is 3.07. The van der Waals surface area contributed by atoms with E-state index in [2.05, 4.69) is 10.3 Å². The number of aliphatic carboxylic acids is 1. The molecule has 3 heterocycles. The highest BCUT2D eigenvalue weighted by atomic mass is 32.1. The molecule has 1 unspecified atom stereocenters. The van der Waals surface area contributed by atoms with E-state index in [0.29, 0.717) is 10.6 Å². The first-order valence-corrected chi connectivity index (χ1v) is 9.11. The van der Waals surface area contributed by atoms with Crippen LogP contribution < -0.4 is 5.32 Å². The van der Waals surface area contributed by atoms with E-state index in [1.165, 1.54) is 11.3 Å². The van der Waals surface area contributed by atoms with Crippen LogP contribution in [-0.2, 0) is 16.1 Å². The highest BCUT2D eigenvalue weighted by Gasteiger charge is 2.22. The second-order valence-electron chi connectivity index (χ2n) is 6.13. The number of aromatic nitrogens is 2. The minimum atomic E-state index is -0.896. The van der Waals surface area contributed by atoms with Gasteiger partial charge in [-0.15, -0.1) is 11.3 Å². The summed E-state index contributed by atoms with van der Waals surface area (Å²) in [5.74, 6) is -1.11. The van der Waals surface area contributed by atoms with Gasteiger partial charge in [0.05, 0.1) is 6.20 Å². The van der Waals surface area contributed by atoms with Crippen LogP contribution >= 0.6 is 11.3 Å². The number of carbonyl (C=O) groups excluding carboxylic acids is 1. The van der Waals surface area contributed by atoms with Crippen LogP contribution in [0.25, 0.3) is 10.9 Å². The molecule has 1 saturated heterocycles. The second kappa shape index (κ2) is 6.89. The molecular formula is C18H17N3O4S. The lowest BCUT2D eigenvalue weighted by Gasteiger charge is -2.06. The molecule has 0 radical (unpaired) electrons. The number of nitrogens with one attached hydrogen (secondary N) is 1. The molecule has 26 heavy (non-hydrogen) atoms. The number of carboxylic acids is 1. The number of nitrogens with zero attached hydrogens (tertiary/aromatic N) is 2. The standard InChI is InChI=1S/C18H17N3O4S/c22-16(23)10-21-6-5-11-8-12(3-4-13(11)21)20-17(24)15-9-19-18(26-15)14-2-1-7-25-14/h3-6,8-9,14H,1-2,7,10H2,(H,20,24)(H,22,23). The number of rotatable bonds is 5. The van der Waals surface area contributed by atoms with Crippen LogP contribution in [0, 0.1) is 0 Å². The molecule has 7 nitrogen and oxygen atoms in total. The largest absolute Gasteiger partial charge is 0.480 e. The van der Waals surface area contributed by atoms with E-state index in [-0.39, 0.29) is 18.6 Å². The van der Waals surface area contributed by atoms with Gasteiger partial charge in [0.1, 0.15) is 22.5 Å². The van der Waals surface area contributed by atoms with Crippen LogP contribution in [0.3, 0.4) is 0 Å². The highest BCUT2D eigenvalue weighted by molar-refractivity contribution is 7.13. The van der Waals surface area contributed by atoms with Crippen molar-refractivity contribution in [2.45, 2.75) is 25.5 Å². The topological polar surface area (TPSA) is 93.5 Å². The van der Waals surface area contributed by atoms with Crippen LogP contribution in [-0.4, -0.2) is 33.1 Å². The van der Waals surface area contributed by atoms with Gasteiger partial charge in [-0.05, 0) is 37.1 Å². The van der Waals surface area contributed by atoms with Gasteiger partial charge in [-0.1, -0.05) is 0 Å². The number of anilines is 1. The molecule has 0 aliphatic carbocycles. The molecule has 1 atom stereocenters. The van der Waals surface area contributed by atoms with Crippen molar-refractivity contribution in [2.75, 3.05) is 11.9 Å². The van der Waals surface area contributed by atoms with Crippen molar-refractivity contribution in [3.8, 4) is 0 Å². The van der Waals surface area contributed by atoms with Crippen molar-refractivity contribution < 1.29 is 19.4 Å². The van der Waals surface area contributed by atoms with Gasteiger partial charge in [-0.3, -0.25) is 9.59 Å². The zero-order valence-electron chi connectivity index (χ0n) is 13.8. The van der Waals surface area contributed by atoms with Crippen LogP contribution in [0.15, 0.2) is 36.7 Å². The lowest BCUT2D eigenvalue weighted by molar-refractivity contribution is -0.137. The molecule has 1 fully saturated rings. The molecular weight excluding hydrogens is 354 g/mol. The van der Waals surface area contributed by atoms with Crippen molar-refractivity contribution in [1.82, 2.24) is 9.55 Å². The van der Waals surface area contributed by atoms with E-state index >= 15 is 0 Å². The van der Waals surface area contributed by atoms with Crippen LogP contribution in [0.2, 0.25) is 0 Å². The molecule has 0 saturated carbocycles. The first-order valence-electron chi connectivity index (χ1n) is 8.29. The van der Waals surface area contributed by atoms with E-state index in [1.54, 1.807) is 29.1 Å². The van der Waals surface area contributed by atoms with Gasteiger partial charge in [0.25, 0.3) is 5.91 Å². The molecule has 1 aromatic carbocycles. The van der Waals surface area contributed by atoms with E-state index in [1.807, 2.05) is 12.1 Å². The van der Waals surface area contributed by atoms with Crippen molar-refractivity contribution in [3.63, 3.8) is 0 Å². The maximum absolute atomic E-state index is 12.5. The molecule has 1 amide bonds. The van der Waals surface area contributed by atoms with Crippen molar-refractivity contribution in [2.24, 2.45) is 0 Å². The van der Waals surface area contributed by atoms with Gasteiger partial charge >= 0.3 is 5.97 Å². The van der Waals surface area contributed by atoms with Crippen LogP contribution in [0.4, 0.5) is 5.69 Å². The third kappa shape index (κ3) is 3.33. The monoisotopic (exact) mass is 371 g/mol. The molecule has 0 bridgehead atoms. The smallest absolute Gasteiger partial charge is 0.323 e. The van der Waals surface area contributed by atoms with Gasteiger partial charge < -0.3 is 19.7 Å². The highest BCUT2D eigenvalue weighted by Crippen LogP contribution is 2.31. The molecule has 4 rings (SSSR count). The summed E-state index contributed by atoms with van der Waals surface area (Å²) in [5.41, 5.74) is 1.46. The number of ether oxygens (including phenoxy) is 1. The first-order chi connectivity index (χ1) is 12.6. The minimum Gasteiger partial charge on any atom is -0.480 e. The fraction of sp³-hybridized carbons (Fsp3) is 0.278. The van der Waals surface area contributed by atoms with Gasteiger partial charge in [0, 0.05) is 29.4 Å². The fourth-order valence-corrected chi connectivity index (χ4v) is 3.97. The van der Waals surface area contributed by atoms with Gasteiger partial charge in [0.15, 0.2) is 0 Å². The van der Waals surface area contributed by atoms with E-state index in [9.17, 15) is 9.59 Å². The Hall–Kier alpha value is -2.71. The van der Waals surface area contributed by atoms with E-state index in [0.717, 1.165) is 35.4 Å². The number of fused-ring (bicyclic) bond motifs is 1. The van der Waals surface area contributed by atoms with Gasteiger partial charge in [0.2, 0.25) is 0 Å². The Labute approximate surface area is 153 Å². The predicted molar refractivity (Wildman–Crippen MR) is 97.6 cm³/mol. The third-order valence-electron chi connectivity index (χ3n) is 4.29. The number of carboxylic acid groups (broad SMARTS) is 1. The van der Waals surface area contributed by atoms with Gasteiger partial charge in [-0.25, -0.2) is 4.98 Å². The van der Waals surface area contributed by atoms with Crippen LogP contribution in [0.1, 0.15) is 33.6 Å². The first kappa shape index (κ1) is 16.7. The van der Waals surface area contributed by atoms with Crippen molar-refractivity contribution in [3.05, 3.63) is 46.5 Å². The van der Waals surface area contributed by atoms with Crippen molar-refractivity contribution in [1.29, 1.82) is 0 Å². The molecule has 2 aromatic heterocycles. The molecule has 2 N–H and O–H groups in total. The zero-order chi connectivity index (χ0) is 18.1. The predicted octanol–water partition coefficient (Wildman–Crippen LogP) is 3.29. The maximum atomic E-state index is 12.5. The lowest BCUT2D eigenvalue weighted by atomic mass is 10.2. The van der Waals surface area contributed by atoms with Gasteiger partial charge in [-0.2, -0.15) is 0 Å². The Morgan fingerprint density at radius 2 is 2.27 bits per heavy atom. The quantitative estimate of drug-likeness (QED) is 0.718. The normalized spacial score (nSPS) is 16.8. The Morgan fingerprint density at radius 3 is 3.04 bits per heavy atom. The Kier molecular flexibility index (Phi) is 4.44. The molecule has 1 aliphatic rings. The second-order valence-corrected chi connectivity index (χ2v) is 7.19. The molecule has 8 heteroatoms. The number of hydrogen-bond donors (Lipinski definition) is 2. The summed E-state index contributed by atoms with van der Waals surface area (Å²) in [4.78, 5) is 28.2. The summed E-state index contributed by atoms with van der Waals surface area (Å²) in [6.45, 7) is 0.648. The molecule has 3 aromatic rings. The minimum absolute atomic E-state index is 0.00639. The molecule has 134 valence electrons. The summed E-state index contributed by atoms with van der Waals surface area (Å²) in [5, 5.41) is 13.5.